The molecule has 1 heterocycles. The Morgan fingerprint density at radius 2 is 2.27 bits per heavy atom. The molecule has 0 radical (unpaired) electrons. The van der Waals surface area contributed by atoms with Crippen molar-refractivity contribution in [1.29, 1.82) is 0 Å². The van der Waals surface area contributed by atoms with Gasteiger partial charge in [0.05, 0.1) is 12.2 Å². The zero-order valence-corrected chi connectivity index (χ0v) is 8.74. The van der Waals surface area contributed by atoms with Gasteiger partial charge in [-0.3, -0.25) is 0 Å². The van der Waals surface area contributed by atoms with E-state index in [1.165, 1.54) is 12.1 Å². The highest BCUT2D eigenvalue weighted by Crippen LogP contribution is 2.30. The van der Waals surface area contributed by atoms with Crippen molar-refractivity contribution in [2.75, 3.05) is 6.61 Å². The smallest absolute Gasteiger partial charge is 0.123 e. The lowest BCUT2D eigenvalue weighted by Crippen LogP contribution is -2.23. The van der Waals surface area contributed by atoms with Crippen LogP contribution in [0.2, 0.25) is 0 Å². The fraction of sp³-hybridized carbons (Fsp3) is 0.500. The molecule has 0 aromatic heterocycles. The molecule has 82 valence electrons. The first-order chi connectivity index (χ1) is 7.16. The van der Waals surface area contributed by atoms with E-state index in [0.717, 1.165) is 11.1 Å². The number of rotatable bonds is 1. The quantitative estimate of drug-likeness (QED) is 0.771. The number of halogens is 1. The maximum absolute atomic E-state index is 12.9. The van der Waals surface area contributed by atoms with E-state index in [0.29, 0.717) is 19.4 Å². The summed E-state index contributed by atoms with van der Waals surface area (Å²) in [6.07, 6.45) is 0.908. The molecule has 1 aromatic carbocycles. The van der Waals surface area contributed by atoms with Crippen molar-refractivity contribution in [2.45, 2.75) is 32.0 Å². The average molecular weight is 210 g/mol. The molecule has 1 aromatic rings. The fourth-order valence-electron chi connectivity index (χ4n) is 2.00. The van der Waals surface area contributed by atoms with Gasteiger partial charge in [0.2, 0.25) is 0 Å². The van der Waals surface area contributed by atoms with E-state index < -0.39 is 0 Å². The second-order valence-electron chi connectivity index (χ2n) is 4.04. The minimum Gasteiger partial charge on any atom is -0.393 e. The third kappa shape index (κ3) is 2.36. The lowest BCUT2D eigenvalue weighted by molar-refractivity contribution is -0.0450. The lowest BCUT2D eigenvalue weighted by Gasteiger charge is -2.27. The summed E-state index contributed by atoms with van der Waals surface area (Å²) in [7, 11) is 0. The van der Waals surface area contributed by atoms with Gasteiger partial charge >= 0.3 is 0 Å². The molecule has 15 heavy (non-hydrogen) atoms. The van der Waals surface area contributed by atoms with Crippen molar-refractivity contribution >= 4 is 0 Å². The van der Waals surface area contributed by atoms with Gasteiger partial charge in [-0.25, -0.2) is 4.39 Å². The van der Waals surface area contributed by atoms with E-state index in [1.807, 2.05) is 6.92 Å². The van der Waals surface area contributed by atoms with E-state index in [9.17, 15) is 9.50 Å². The van der Waals surface area contributed by atoms with E-state index in [4.69, 9.17) is 4.74 Å². The van der Waals surface area contributed by atoms with Gasteiger partial charge in [-0.1, -0.05) is 6.07 Å². The van der Waals surface area contributed by atoms with Crippen molar-refractivity contribution in [3.63, 3.8) is 0 Å². The zero-order valence-electron chi connectivity index (χ0n) is 8.74. The van der Waals surface area contributed by atoms with Gasteiger partial charge in [-0.15, -0.1) is 0 Å². The summed E-state index contributed by atoms with van der Waals surface area (Å²) < 4.78 is 18.5. The van der Waals surface area contributed by atoms with Gasteiger partial charge in [-0.05, 0) is 36.6 Å². The highest BCUT2D eigenvalue weighted by atomic mass is 19.1. The van der Waals surface area contributed by atoms with Gasteiger partial charge in [-0.2, -0.15) is 0 Å². The van der Waals surface area contributed by atoms with Crippen molar-refractivity contribution in [2.24, 2.45) is 0 Å². The third-order valence-electron chi connectivity index (χ3n) is 2.83. The zero-order chi connectivity index (χ0) is 10.8. The minimum atomic E-state index is -0.298. The van der Waals surface area contributed by atoms with Crippen LogP contribution in [-0.4, -0.2) is 17.8 Å². The Bertz CT molecular complexity index is 351. The number of hydrogen-bond acceptors (Lipinski definition) is 2. The summed E-state index contributed by atoms with van der Waals surface area (Å²) in [6.45, 7) is 2.44. The Morgan fingerprint density at radius 3 is 2.93 bits per heavy atom. The van der Waals surface area contributed by atoms with Crippen LogP contribution in [0.4, 0.5) is 4.39 Å². The van der Waals surface area contributed by atoms with Gasteiger partial charge in [0, 0.05) is 13.0 Å². The summed E-state index contributed by atoms with van der Waals surface area (Å²) in [6, 6.07) is 4.68. The molecular formula is C12H15FO2. The average Bonchev–Trinajstić information content (AvgIpc) is 2.17. The van der Waals surface area contributed by atoms with E-state index >= 15 is 0 Å². The number of aliphatic hydroxyl groups is 1. The Morgan fingerprint density at radius 1 is 1.47 bits per heavy atom. The maximum atomic E-state index is 12.9. The number of aryl methyl sites for hydroxylation is 1. The highest BCUT2D eigenvalue weighted by Gasteiger charge is 2.23. The molecule has 3 heteroatoms. The molecule has 2 unspecified atom stereocenters. The standard InChI is InChI=1S/C12H15FO2/c1-8-6-9(13)2-3-11(8)12-7-10(14)4-5-15-12/h2-3,6,10,12,14H,4-5,7H2,1H3. The molecule has 1 N–H and O–H groups in total. The number of ether oxygens (including phenoxy) is 1. The maximum Gasteiger partial charge on any atom is 0.123 e. The SMILES string of the molecule is Cc1cc(F)ccc1C1CC(O)CCO1. The molecule has 1 fully saturated rings. The van der Waals surface area contributed by atoms with Crippen molar-refractivity contribution in [3.05, 3.63) is 35.1 Å². The summed E-state index contributed by atoms with van der Waals surface area (Å²) in [4.78, 5) is 0. The predicted octanol–water partition coefficient (Wildman–Crippen LogP) is 2.35. The van der Waals surface area contributed by atoms with Gasteiger partial charge in [0.1, 0.15) is 5.82 Å². The third-order valence-corrected chi connectivity index (χ3v) is 2.83. The van der Waals surface area contributed by atoms with Crippen LogP contribution >= 0.6 is 0 Å². The Hall–Kier alpha value is -0.930. The number of aliphatic hydroxyl groups excluding tert-OH is 1. The Labute approximate surface area is 88.7 Å². The predicted molar refractivity (Wildman–Crippen MR) is 55.1 cm³/mol. The first-order valence-electron chi connectivity index (χ1n) is 5.22. The molecule has 0 bridgehead atoms. The van der Waals surface area contributed by atoms with E-state index in [2.05, 4.69) is 0 Å². The van der Waals surface area contributed by atoms with Crippen LogP contribution in [0.1, 0.15) is 30.1 Å². The summed E-state index contributed by atoms with van der Waals surface area (Å²) in [5, 5.41) is 9.53. The van der Waals surface area contributed by atoms with Crippen LogP contribution < -0.4 is 0 Å². The molecular weight excluding hydrogens is 195 g/mol. The van der Waals surface area contributed by atoms with Crippen LogP contribution in [0.25, 0.3) is 0 Å². The molecule has 2 nitrogen and oxygen atoms in total. The Balaban J connectivity index is 2.21. The lowest BCUT2D eigenvalue weighted by atomic mass is 9.96. The van der Waals surface area contributed by atoms with Crippen molar-refractivity contribution in [1.82, 2.24) is 0 Å². The first-order valence-corrected chi connectivity index (χ1v) is 5.22. The second kappa shape index (κ2) is 4.29. The molecule has 1 aliphatic heterocycles. The molecule has 0 aliphatic carbocycles. The molecule has 1 saturated heterocycles. The van der Waals surface area contributed by atoms with Crippen LogP contribution in [0.15, 0.2) is 18.2 Å². The molecule has 0 amide bonds. The second-order valence-corrected chi connectivity index (χ2v) is 4.04. The van der Waals surface area contributed by atoms with Gasteiger partial charge in [0.25, 0.3) is 0 Å². The molecule has 2 atom stereocenters. The van der Waals surface area contributed by atoms with Crippen LogP contribution in [0.5, 0.6) is 0 Å². The molecule has 2 rings (SSSR count). The van der Waals surface area contributed by atoms with Crippen LogP contribution in [-0.2, 0) is 4.74 Å². The summed E-state index contributed by atoms with van der Waals surface area (Å²) in [5.74, 6) is -0.229. The summed E-state index contributed by atoms with van der Waals surface area (Å²) >= 11 is 0. The minimum absolute atomic E-state index is 0.0886. The van der Waals surface area contributed by atoms with Gasteiger partial charge in [0.15, 0.2) is 0 Å². The fourth-order valence-corrected chi connectivity index (χ4v) is 2.00. The van der Waals surface area contributed by atoms with Crippen LogP contribution in [0.3, 0.4) is 0 Å². The number of hydrogen-bond donors (Lipinski definition) is 1. The van der Waals surface area contributed by atoms with Gasteiger partial charge < -0.3 is 9.84 Å². The largest absolute Gasteiger partial charge is 0.393 e. The van der Waals surface area contributed by atoms with Crippen molar-refractivity contribution < 1.29 is 14.2 Å². The van der Waals surface area contributed by atoms with E-state index in [1.54, 1.807) is 6.07 Å². The van der Waals surface area contributed by atoms with Crippen LogP contribution in [0, 0.1) is 12.7 Å². The Kier molecular flexibility index (Phi) is 3.03. The van der Waals surface area contributed by atoms with E-state index in [-0.39, 0.29) is 18.0 Å². The molecule has 0 saturated carbocycles. The monoisotopic (exact) mass is 210 g/mol. The number of benzene rings is 1. The normalized spacial score (nSPS) is 26.6. The molecule has 0 spiro atoms. The first kappa shape index (κ1) is 10.6. The topological polar surface area (TPSA) is 29.5 Å². The molecule has 1 aliphatic rings. The van der Waals surface area contributed by atoms with Crippen molar-refractivity contribution in [3.8, 4) is 0 Å². The highest BCUT2D eigenvalue weighted by molar-refractivity contribution is 5.29. The summed E-state index contributed by atoms with van der Waals surface area (Å²) in [5.41, 5.74) is 1.87.